The second kappa shape index (κ2) is 6.86. The van der Waals surface area contributed by atoms with Crippen LogP contribution in [0.1, 0.15) is 35.5 Å². The molecule has 1 N–H and O–H groups in total. The molecular formula is C17H30N4. The van der Waals surface area contributed by atoms with E-state index in [1.54, 1.807) is 0 Å². The Balaban J connectivity index is 2.00. The van der Waals surface area contributed by atoms with Gasteiger partial charge < -0.3 is 10.2 Å². The summed E-state index contributed by atoms with van der Waals surface area (Å²) in [5.74, 6) is 0. The Kier molecular flexibility index (Phi) is 5.36. The van der Waals surface area contributed by atoms with Gasteiger partial charge in [0.15, 0.2) is 0 Å². The fourth-order valence-corrected chi connectivity index (χ4v) is 3.43. The standard InChI is InChI=1S/C17H30N4/c1-12-9-13(2)19-15(4)17(12)14(3)18-10-16-11-20(5)7-8-21(16)6/h9,14,16,18H,7-8,10-11H2,1-6H3. The van der Waals surface area contributed by atoms with Crippen LogP contribution >= 0.6 is 0 Å². The van der Waals surface area contributed by atoms with Crippen LogP contribution in [0.3, 0.4) is 0 Å². The van der Waals surface area contributed by atoms with Crippen LogP contribution in [-0.4, -0.2) is 61.1 Å². The van der Waals surface area contributed by atoms with Crippen molar-refractivity contribution < 1.29 is 0 Å². The van der Waals surface area contributed by atoms with Gasteiger partial charge in [-0.3, -0.25) is 9.88 Å². The predicted molar refractivity (Wildman–Crippen MR) is 88.8 cm³/mol. The van der Waals surface area contributed by atoms with E-state index in [1.807, 2.05) is 0 Å². The highest BCUT2D eigenvalue weighted by Crippen LogP contribution is 2.21. The molecule has 1 aliphatic heterocycles. The first-order chi connectivity index (χ1) is 9.88. The highest BCUT2D eigenvalue weighted by atomic mass is 15.3. The van der Waals surface area contributed by atoms with Crippen LogP contribution in [0.5, 0.6) is 0 Å². The third kappa shape index (κ3) is 4.02. The molecule has 1 aliphatic rings. The van der Waals surface area contributed by atoms with E-state index in [-0.39, 0.29) is 0 Å². The number of hydrogen-bond donors (Lipinski definition) is 1. The Morgan fingerprint density at radius 2 is 2.00 bits per heavy atom. The third-order valence-corrected chi connectivity index (χ3v) is 4.66. The Labute approximate surface area is 129 Å². The molecule has 0 aliphatic carbocycles. The van der Waals surface area contributed by atoms with E-state index in [9.17, 15) is 0 Å². The van der Waals surface area contributed by atoms with E-state index in [4.69, 9.17) is 0 Å². The molecular weight excluding hydrogens is 260 g/mol. The molecule has 0 amide bonds. The number of aromatic nitrogens is 1. The van der Waals surface area contributed by atoms with Crippen LogP contribution in [-0.2, 0) is 0 Å². The lowest BCUT2D eigenvalue weighted by atomic mass is 10.00. The molecule has 2 rings (SSSR count). The van der Waals surface area contributed by atoms with Crippen LogP contribution in [0.4, 0.5) is 0 Å². The van der Waals surface area contributed by atoms with Gasteiger partial charge in [-0.15, -0.1) is 0 Å². The largest absolute Gasteiger partial charge is 0.309 e. The SMILES string of the molecule is Cc1cc(C)c(C(C)NCC2CN(C)CCN2C)c(C)n1. The number of likely N-dealkylation sites (N-methyl/N-ethyl adjacent to an activating group) is 2. The summed E-state index contributed by atoms with van der Waals surface area (Å²) in [5.41, 5.74) is 4.96. The second-order valence-electron chi connectivity index (χ2n) is 6.61. The van der Waals surface area contributed by atoms with Gasteiger partial charge in [0.25, 0.3) is 0 Å². The van der Waals surface area contributed by atoms with Gasteiger partial charge in [0.05, 0.1) is 0 Å². The maximum Gasteiger partial charge on any atom is 0.0426 e. The average molecular weight is 290 g/mol. The molecule has 2 atom stereocenters. The average Bonchev–Trinajstić information content (AvgIpc) is 2.38. The molecule has 0 bridgehead atoms. The van der Waals surface area contributed by atoms with Crippen molar-refractivity contribution in [3.05, 3.63) is 28.6 Å². The number of piperazine rings is 1. The molecule has 1 aromatic heterocycles. The van der Waals surface area contributed by atoms with Crippen molar-refractivity contribution in [2.24, 2.45) is 0 Å². The van der Waals surface area contributed by atoms with Crippen molar-refractivity contribution in [1.29, 1.82) is 0 Å². The van der Waals surface area contributed by atoms with Gasteiger partial charge in [-0.25, -0.2) is 0 Å². The molecule has 2 heterocycles. The van der Waals surface area contributed by atoms with E-state index in [0.29, 0.717) is 12.1 Å². The third-order valence-electron chi connectivity index (χ3n) is 4.66. The van der Waals surface area contributed by atoms with Crippen molar-refractivity contribution >= 4 is 0 Å². The highest BCUT2D eigenvalue weighted by Gasteiger charge is 2.23. The summed E-state index contributed by atoms with van der Waals surface area (Å²) in [5, 5.41) is 3.71. The summed E-state index contributed by atoms with van der Waals surface area (Å²) >= 11 is 0. The molecule has 1 aromatic rings. The first-order valence-corrected chi connectivity index (χ1v) is 7.95. The molecule has 0 aromatic carbocycles. The van der Waals surface area contributed by atoms with Crippen LogP contribution in [0, 0.1) is 20.8 Å². The zero-order chi connectivity index (χ0) is 15.6. The van der Waals surface area contributed by atoms with Gasteiger partial charge in [0.2, 0.25) is 0 Å². The molecule has 2 unspecified atom stereocenters. The zero-order valence-electron chi connectivity index (χ0n) is 14.4. The molecule has 0 radical (unpaired) electrons. The van der Waals surface area contributed by atoms with Gasteiger partial charge in [-0.05, 0) is 59.0 Å². The molecule has 4 nitrogen and oxygen atoms in total. The van der Waals surface area contributed by atoms with E-state index in [1.165, 1.54) is 17.7 Å². The summed E-state index contributed by atoms with van der Waals surface area (Å²) in [7, 11) is 4.44. The van der Waals surface area contributed by atoms with Crippen molar-refractivity contribution in [1.82, 2.24) is 20.1 Å². The quantitative estimate of drug-likeness (QED) is 0.918. The summed E-state index contributed by atoms with van der Waals surface area (Å²) in [6.07, 6.45) is 0. The zero-order valence-corrected chi connectivity index (χ0v) is 14.4. The second-order valence-corrected chi connectivity index (χ2v) is 6.61. The summed E-state index contributed by atoms with van der Waals surface area (Å²) in [6.45, 7) is 13.1. The Morgan fingerprint density at radius 3 is 2.67 bits per heavy atom. The fourth-order valence-electron chi connectivity index (χ4n) is 3.43. The lowest BCUT2D eigenvalue weighted by Crippen LogP contribution is -2.54. The Bertz CT molecular complexity index is 463. The van der Waals surface area contributed by atoms with E-state index in [0.717, 1.165) is 31.0 Å². The summed E-state index contributed by atoms with van der Waals surface area (Å²) in [6, 6.07) is 3.12. The molecule has 118 valence electrons. The lowest BCUT2D eigenvalue weighted by Gasteiger charge is -2.38. The number of nitrogens with zero attached hydrogens (tertiary/aromatic N) is 3. The molecule has 21 heavy (non-hydrogen) atoms. The van der Waals surface area contributed by atoms with Gasteiger partial charge in [-0.1, -0.05) is 0 Å². The predicted octanol–water partition coefficient (Wildman–Crippen LogP) is 1.90. The summed E-state index contributed by atoms with van der Waals surface area (Å²) in [4.78, 5) is 9.50. The van der Waals surface area contributed by atoms with Crippen molar-refractivity contribution in [3.63, 3.8) is 0 Å². The maximum absolute atomic E-state index is 4.62. The van der Waals surface area contributed by atoms with Gasteiger partial charge >= 0.3 is 0 Å². The van der Waals surface area contributed by atoms with Crippen molar-refractivity contribution in [2.75, 3.05) is 40.3 Å². The number of pyridine rings is 1. The van der Waals surface area contributed by atoms with Gasteiger partial charge in [-0.2, -0.15) is 0 Å². The van der Waals surface area contributed by atoms with Crippen LogP contribution in [0.25, 0.3) is 0 Å². The van der Waals surface area contributed by atoms with E-state index in [2.05, 4.69) is 68.0 Å². The maximum atomic E-state index is 4.62. The van der Waals surface area contributed by atoms with Crippen LogP contribution in [0.15, 0.2) is 6.07 Å². The molecule has 0 spiro atoms. The molecule has 4 heteroatoms. The van der Waals surface area contributed by atoms with Crippen molar-refractivity contribution in [2.45, 2.75) is 39.8 Å². The first kappa shape index (κ1) is 16.4. The van der Waals surface area contributed by atoms with Gasteiger partial charge in [0, 0.05) is 49.7 Å². The smallest absolute Gasteiger partial charge is 0.0426 e. The Morgan fingerprint density at radius 1 is 1.29 bits per heavy atom. The minimum Gasteiger partial charge on any atom is -0.309 e. The fraction of sp³-hybridized carbons (Fsp3) is 0.706. The first-order valence-electron chi connectivity index (χ1n) is 7.95. The van der Waals surface area contributed by atoms with E-state index < -0.39 is 0 Å². The minimum absolute atomic E-state index is 0.346. The van der Waals surface area contributed by atoms with Crippen LogP contribution < -0.4 is 5.32 Å². The number of hydrogen-bond acceptors (Lipinski definition) is 4. The highest BCUT2D eigenvalue weighted by molar-refractivity contribution is 5.33. The molecule has 1 saturated heterocycles. The molecule has 0 saturated carbocycles. The normalized spacial score (nSPS) is 22.5. The van der Waals surface area contributed by atoms with Gasteiger partial charge in [0.1, 0.15) is 0 Å². The topological polar surface area (TPSA) is 31.4 Å². The van der Waals surface area contributed by atoms with Crippen LogP contribution in [0.2, 0.25) is 0 Å². The number of nitrogens with one attached hydrogen (secondary N) is 1. The number of rotatable bonds is 4. The lowest BCUT2D eigenvalue weighted by molar-refractivity contribution is 0.112. The number of aryl methyl sites for hydroxylation is 3. The Hall–Kier alpha value is -0.970. The monoisotopic (exact) mass is 290 g/mol. The minimum atomic E-state index is 0.346. The van der Waals surface area contributed by atoms with E-state index >= 15 is 0 Å². The van der Waals surface area contributed by atoms with Crippen molar-refractivity contribution in [3.8, 4) is 0 Å². The molecule has 1 fully saturated rings. The summed E-state index contributed by atoms with van der Waals surface area (Å²) < 4.78 is 0.